The van der Waals surface area contributed by atoms with E-state index in [1.165, 1.54) is 12.8 Å². The third-order valence-electron chi connectivity index (χ3n) is 4.29. The molecule has 18 heavy (non-hydrogen) atoms. The van der Waals surface area contributed by atoms with Crippen LogP contribution in [-0.4, -0.2) is 42.5 Å². The predicted molar refractivity (Wildman–Crippen MR) is 73.2 cm³/mol. The maximum atomic E-state index is 12.0. The molecule has 4 nitrogen and oxygen atoms in total. The normalized spacial score (nSPS) is 34.2. The van der Waals surface area contributed by atoms with E-state index in [1.807, 2.05) is 0 Å². The molecule has 2 aliphatic rings. The highest BCUT2D eigenvalue weighted by atomic mass is 16.2. The van der Waals surface area contributed by atoms with Gasteiger partial charge in [-0.05, 0) is 51.0 Å². The summed E-state index contributed by atoms with van der Waals surface area (Å²) in [5.41, 5.74) is 5.93. The van der Waals surface area contributed by atoms with Crippen molar-refractivity contribution in [3.8, 4) is 0 Å². The molecule has 0 bridgehead atoms. The lowest BCUT2D eigenvalue weighted by Gasteiger charge is -2.31. The van der Waals surface area contributed by atoms with Crippen molar-refractivity contribution < 1.29 is 4.79 Å². The van der Waals surface area contributed by atoms with E-state index in [0.717, 1.165) is 44.7 Å². The number of carbonyl (C=O) groups is 1. The Hall–Kier alpha value is -0.610. The first-order valence-electron chi connectivity index (χ1n) is 7.41. The van der Waals surface area contributed by atoms with Gasteiger partial charge in [-0.15, -0.1) is 0 Å². The van der Waals surface area contributed by atoms with Crippen LogP contribution in [0.15, 0.2) is 0 Å². The summed E-state index contributed by atoms with van der Waals surface area (Å²) in [5, 5.41) is 3.18. The number of likely N-dealkylation sites (tertiary alicyclic amines) is 1. The van der Waals surface area contributed by atoms with Crippen molar-refractivity contribution in [1.82, 2.24) is 10.2 Å². The van der Waals surface area contributed by atoms with Crippen molar-refractivity contribution in [2.75, 3.05) is 19.6 Å². The zero-order chi connectivity index (χ0) is 13.0. The molecule has 1 atom stereocenters. The summed E-state index contributed by atoms with van der Waals surface area (Å²) in [4.78, 5) is 14.2. The van der Waals surface area contributed by atoms with Crippen molar-refractivity contribution in [3.63, 3.8) is 0 Å². The largest absolute Gasteiger partial charge is 0.352 e. The van der Waals surface area contributed by atoms with Gasteiger partial charge in [0.15, 0.2) is 0 Å². The highest BCUT2D eigenvalue weighted by Crippen LogP contribution is 2.23. The first-order chi connectivity index (χ1) is 8.63. The summed E-state index contributed by atoms with van der Waals surface area (Å²) in [6, 6.07) is 0.661. The lowest BCUT2D eigenvalue weighted by Crippen LogP contribution is -2.48. The van der Waals surface area contributed by atoms with Crippen LogP contribution in [0.3, 0.4) is 0 Å². The molecular formula is C14H27N3O. The molecule has 1 amide bonds. The smallest absolute Gasteiger partial charge is 0.234 e. The number of nitrogens with one attached hydrogen (secondary N) is 1. The quantitative estimate of drug-likeness (QED) is 0.792. The first-order valence-corrected chi connectivity index (χ1v) is 7.41. The van der Waals surface area contributed by atoms with Gasteiger partial charge in [0, 0.05) is 18.6 Å². The monoisotopic (exact) mass is 253 g/mol. The van der Waals surface area contributed by atoms with Gasteiger partial charge in [0.2, 0.25) is 5.91 Å². The number of rotatable bonds is 3. The van der Waals surface area contributed by atoms with Crippen LogP contribution >= 0.6 is 0 Å². The molecule has 0 aromatic rings. The molecule has 0 radical (unpaired) electrons. The average molecular weight is 253 g/mol. The predicted octanol–water partition coefficient (Wildman–Crippen LogP) is 1.10. The lowest BCUT2D eigenvalue weighted by atomic mass is 9.87. The zero-order valence-corrected chi connectivity index (χ0v) is 11.5. The number of hydrogen-bond donors (Lipinski definition) is 2. The fourth-order valence-electron chi connectivity index (χ4n) is 3.12. The lowest BCUT2D eigenvalue weighted by molar-refractivity contribution is -0.123. The van der Waals surface area contributed by atoms with Crippen LogP contribution in [0.2, 0.25) is 0 Å². The van der Waals surface area contributed by atoms with Crippen LogP contribution in [0.1, 0.15) is 45.4 Å². The van der Waals surface area contributed by atoms with Crippen LogP contribution in [0.5, 0.6) is 0 Å². The third kappa shape index (κ3) is 4.25. The van der Waals surface area contributed by atoms with Crippen molar-refractivity contribution in [2.24, 2.45) is 11.7 Å². The Balaban J connectivity index is 1.68. The summed E-state index contributed by atoms with van der Waals surface area (Å²) in [7, 11) is 0. The van der Waals surface area contributed by atoms with E-state index in [-0.39, 0.29) is 11.9 Å². The Labute approximate surface area is 110 Å². The van der Waals surface area contributed by atoms with E-state index in [9.17, 15) is 4.79 Å². The van der Waals surface area contributed by atoms with Gasteiger partial charge in [-0.25, -0.2) is 0 Å². The second-order valence-corrected chi connectivity index (χ2v) is 6.16. The number of nitrogens with zero attached hydrogens (tertiary/aromatic N) is 1. The molecule has 0 aromatic carbocycles. The second kappa shape index (κ2) is 6.53. The van der Waals surface area contributed by atoms with Gasteiger partial charge in [0.05, 0.1) is 6.54 Å². The maximum absolute atomic E-state index is 12.0. The molecule has 104 valence electrons. The molecule has 2 fully saturated rings. The van der Waals surface area contributed by atoms with Gasteiger partial charge in [0.1, 0.15) is 0 Å². The topological polar surface area (TPSA) is 58.4 Å². The molecular weight excluding hydrogens is 226 g/mol. The minimum atomic E-state index is 0.184. The minimum Gasteiger partial charge on any atom is -0.352 e. The summed E-state index contributed by atoms with van der Waals surface area (Å²) in [6.45, 7) is 4.71. The van der Waals surface area contributed by atoms with Crippen LogP contribution in [0, 0.1) is 5.92 Å². The molecule has 0 aromatic heterocycles. The van der Waals surface area contributed by atoms with Crippen LogP contribution in [0.4, 0.5) is 0 Å². The van der Waals surface area contributed by atoms with Crippen molar-refractivity contribution in [3.05, 3.63) is 0 Å². The molecule has 1 heterocycles. The number of nitrogens with two attached hydrogens (primary N) is 1. The number of piperidine rings is 1. The van der Waals surface area contributed by atoms with Gasteiger partial charge in [-0.2, -0.15) is 0 Å². The standard InChI is InChI=1S/C14H27N3O/c1-11-4-6-13(7-5-11)16-14(18)10-17-8-2-3-12(15)9-17/h11-13H,2-10,15H2,1H3,(H,16,18). The van der Waals surface area contributed by atoms with Crippen molar-refractivity contribution >= 4 is 5.91 Å². The third-order valence-corrected chi connectivity index (χ3v) is 4.29. The molecule has 0 spiro atoms. The fraction of sp³-hybridized carbons (Fsp3) is 0.929. The Morgan fingerprint density at radius 3 is 2.67 bits per heavy atom. The summed E-state index contributed by atoms with van der Waals surface area (Å²) in [5.74, 6) is 1.02. The summed E-state index contributed by atoms with van der Waals surface area (Å²) in [6.07, 6.45) is 7.01. The van der Waals surface area contributed by atoms with Crippen LogP contribution in [0.25, 0.3) is 0 Å². The van der Waals surface area contributed by atoms with Gasteiger partial charge in [-0.1, -0.05) is 6.92 Å². The van der Waals surface area contributed by atoms with Crippen molar-refractivity contribution in [2.45, 2.75) is 57.5 Å². The van der Waals surface area contributed by atoms with E-state index in [4.69, 9.17) is 5.73 Å². The highest BCUT2D eigenvalue weighted by molar-refractivity contribution is 5.78. The molecule has 1 unspecified atom stereocenters. The molecule has 3 N–H and O–H groups in total. The Morgan fingerprint density at radius 2 is 2.00 bits per heavy atom. The summed E-state index contributed by atoms with van der Waals surface area (Å²) >= 11 is 0. The molecule has 1 saturated heterocycles. The number of carbonyl (C=O) groups excluding carboxylic acids is 1. The highest BCUT2D eigenvalue weighted by Gasteiger charge is 2.22. The van der Waals surface area contributed by atoms with Crippen LogP contribution < -0.4 is 11.1 Å². The van der Waals surface area contributed by atoms with E-state index in [0.29, 0.717) is 12.6 Å². The molecule has 1 saturated carbocycles. The molecule has 2 rings (SSSR count). The Morgan fingerprint density at radius 1 is 1.28 bits per heavy atom. The van der Waals surface area contributed by atoms with Crippen molar-refractivity contribution in [1.29, 1.82) is 0 Å². The summed E-state index contributed by atoms with van der Waals surface area (Å²) < 4.78 is 0. The van der Waals surface area contributed by atoms with Gasteiger partial charge in [0.25, 0.3) is 0 Å². The number of amides is 1. The van der Waals surface area contributed by atoms with E-state index in [2.05, 4.69) is 17.1 Å². The number of hydrogen-bond acceptors (Lipinski definition) is 3. The molecule has 1 aliphatic heterocycles. The molecule has 4 heteroatoms. The van der Waals surface area contributed by atoms with Gasteiger partial charge >= 0.3 is 0 Å². The molecule has 1 aliphatic carbocycles. The SMILES string of the molecule is CC1CCC(NC(=O)CN2CCCC(N)C2)CC1. The average Bonchev–Trinajstić information content (AvgIpc) is 2.32. The van der Waals surface area contributed by atoms with Crippen LogP contribution in [-0.2, 0) is 4.79 Å². The zero-order valence-electron chi connectivity index (χ0n) is 11.5. The maximum Gasteiger partial charge on any atom is 0.234 e. The Kier molecular flexibility index (Phi) is 5.01. The van der Waals surface area contributed by atoms with Gasteiger partial charge in [-0.3, -0.25) is 9.69 Å². The van der Waals surface area contributed by atoms with E-state index < -0.39 is 0 Å². The second-order valence-electron chi connectivity index (χ2n) is 6.16. The van der Waals surface area contributed by atoms with E-state index >= 15 is 0 Å². The first kappa shape index (κ1) is 13.8. The minimum absolute atomic E-state index is 0.184. The van der Waals surface area contributed by atoms with E-state index in [1.54, 1.807) is 0 Å². The fourth-order valence-corrected chi connectivity index (χ4v) is 3.12. The Bertz CT molecular complexity index is 274. The van der Waals surface area contributed by atoms with Gasteiger partial charge < -0.3 is 11.1 Å².